The summed E-state index contributed by atoms with van der Waals surface area (Å²) in [6.07, 6.45) is 11.0. The first-order valence-corrected chi connectivity index (χ1v) is 14.3. The molecule has 7 rings (SSSR count). The second-order valence-corrected chi connectivity index (χ2v) is 10.7. The quantitative estimate of drug-likeness (QED) is 0.194. The summed E-state index contributed by atoms with van der Waals surface area (Å²) in [5.74, 6) is 2.00. The van der Waals surface area contributed by atoms with Gasteiger partial charge in [-0.25, -0.2) is 9.97 Å². The van der Waals surface area contributed by atoms with Crippen LogP contribution in [0.2, 0.25) is 5.15 Å². The molecule has 2 atom stereocenters. The molecular formula is C33H31ClN6O2. The molecule has 9 heteroatoms. The molecule has 2 heterocycles. The summed E-state index contributed by atoms with van der Waals surface area (Å²) in [6.45, 7) is 0. The molecule has 2 aliphatic carbocycles. The van der Waals surface area contributed by atoms with Crippen molar-refractivity contribution in [1.82, 2.24) is 19.9 Å². The molecule has 0 fully saturated rings. The van der Waals surface area contributed by atoms with E-state index in [-0.39, 0.29) is 11.8 Å². The second kappa shape index (κ2) is 12.4. The van der Waals surface area contributed by atoms with E-state index >= 15 is 0 Å². The van der Waals surface area contributed by atoms with Gasteiger partial charge in [-0.3, -0.25) is 9.97 Å². The monoisotopic (exact) mass is 578 g/mol. The van der Waals surface area contributed by atoms with Crippen molar-refractivity contribution >= 4 is 23.2 Å². The molecule has 0 aliphatic heterocycles. The maximum absolute atomic E-state index is 9.75. The lowest BCUT2D eigenvalue weighted by Crippen LogP contribution is -2.09. The maximum atomic E-state index is 9.75. The van der Waals surface area contributed by atoms with Crippen molar-refractivity contribution in [2.24, 2.45) is 0 Å². The summed E-state index contributed by atoms with van der Waals surface area (Å²) >= 11 is 5.82. The maximum Gasteiger partial charge on any atom is 0.161 e. The number of fused-ring (bicyclic) bond motifs is 2. The zero-order valence-corrected chi connectivity index (χ0v) is 23.9. The minimum atomic E-state index is 0.107. The van der Waals surface area contributed by atoms with E-state index in [0.29, 0.717) is 16.9 Å². The number of phenolic OH excluding ortho intramolecular Hbond substituents is 1. The molecule has 0 unspecified atom stereocenters. The predicted molar refractivity (Wildman–Crippen MR) is 165 cm³/mol. The third kappa shape index (κ3) is 6.14. The van der Waals surface area contributed by atoms with Gasteiger partial charge in [0.25, 0.3) is 0 Å². The van der Waals surface area contributed by atoms with Gasteiger partial charge < -0.3 is 20.5 Å². The van der Waals surface area contributed by atoms with Crippen LogP contribution in [0.25, 0.3) is 11.3 Å². The molecule has 2 aliphatic rings. The fraction of sp³-hybridized carbons (Fsp3) is 0.212. The SMILES string of the molecule is COc1cc(-c2cncc(N[C@@H]3CCc4ccccc43)n2)ccc1O.Clc1cncc(N[C@@H]2CCc3ccccc32)n1. The first-order valence-electron chi connectivity index (χ1n) is 13.9. The number of anilines is 2. The Morgan fingerprint density at radius 2 is 1.36 bits per heavy atom. The van der Waals surface area contributed by atoms with Crippen molar-refractivity contribution in [1.29, 1.82) is 0 Å². The minimum absolute atomic E-state index is 0.107. The number of phenols is 1. The van der Waals surface area contributed by atoms with Crippen LogP contribution in [0.3, 0.4) is 0 Å². The third-order valence-electron chi connectivity index (χ3n) is 7.63. The second-order valence-electron chi connectivity index (χ2n) is 10.3. The highest BCUT2D eigenvalue weighted by Crippen LogP contribution is 2.35. The van der Waals surface area contributed by atoms with Crippen LogP contribution in [0.15, 0.2) is 91.5 Å². The number of benzene rings is 3. The molecule has 2 aromatic heterocycles. The molecule has 0 saturated heterocycles. The Balaban J connectivity index is 0.000000162. The van der Waals surface area contributed by atoms with E-state index in [1.54, 1.807) is 36.8 Å². The molecule has 3 aromatic carbocycles. The summed E-state index contributed by atoms with van der Waals surface area (Å²) in [4.78, 5) is 17.2. The average molecular weight is 579 g/mol. The highest BCUT2D eigenvalue weighted by molar-refractivity contribution is 6.29. The average Bonchev–Trinajstić information content (AvgIpc) is 3.62. The van der Waals surface area contributed by atoms with Gasteiger partial charge >= 0.3 is 0 Å². The number of nitrogens with zero attached hydrogens (tertiary/aromatic N) is 4. The zero-order chi connectivity index (χ0) is 28.9. The number of hydrogen-bond acceptors (Lipinski definition) is 8. The Bertz CT molecular complexity index is 1700. The summed E-state index contributed by atoms with van der Waals surface area (Å²) < 4.78 is 5.17. The van der Waals surface area contributed by atoms with Gasteiger partial charge in [0.05, 0.1) is 49.7 Å². The number of aryl methyl sites for hydroxylation is 2. The summed E-state index contributed by atoms with van der Waals surface area (Å²) in [5, 5.41) is 17.0. The Labute approximate surface area is 249 Å². The van der Waals surface area contributed by atoms with E-state index in [1.165, 1.54) is 35.6 Å². The number of methoxy groups -OCH3 is 1. The molecule has 42 heavy (non-hydrogen) atoms. The smallest absolute Gasteiger partial charge is 0.161 e. The fourth-order valence-electron chi connectivity index (χ4n) is 5.59. The summed E-state index contributed by atoms with van der Waals surface area (Å²) in [6, 6.07) is 22.7. The van der Waals surface area contributed by atoms with Crippen LogP contribution in [0, 0.1) is 0 Å². The lowest BCUT2D eigenvalue weighted by Gasteiger charge is -2.15. The molecule has 212 valence electrons. The molecule has 5 aromatic rings. The van der Waals surface area contributed by atoms with Crippen molar-refractivity contribution in [3.63, 3.8) is 0 Å². The van der Waals surface area contributed by atoms with Gasteiger partial charge in [-0.2, -0.15) is 0 Å². The molecule has 3 N–H and O–H groups in total. The number of ether oxygens (including phenoxy) is 1. The molecule has 0 radical (unpaired) electrons. The number of aromatic nitrogens is 4. The van der Waals surface area contributed by atoms with Gasteiger partial charge in [0.1, 0.15) is 16.8 Å². The van der Waals surface area contributed by atoms with E-state index in [0.717, 1.165) is 48.6 Å². The Hall–Kier alpha value is -4.69. The number of nitrogens with one attached hydrogen (secondary N) is 2. The van der Waals surface area contributed by atoms with E-state index in [4.69, 9.17) is 16.3 Å². The van der Waals surface area contributed by atoms with Crippen molar-refractivity contribution in [3.05, 3.63) is 119 Å². The largest absolute Gasteiger partial charge is 0.504 e. The van der Waals surface area contributed by atoms with Crippen molar-refractivity contribution < 1.29 is 9.84 Å². The minimum Gasteiger partial charge on any atom is -0.504 e. The zero-order valence-electron chi connectivity index (χ0n) is 23.2. The molecule has 0 spiro atoms. The summed E-state index contributed by atoms with van der Waals surface area (Å²) in [7, 11) is 1.53. The van der Waals surface area contributed by atoms with Crippen molar-refractivity contribution in [2.75, 3.05) is 17.7 Å². The van der Waals surface area contributed by atoms with Crippen LogP contribution in [-0.4, -0.2) is 32.2 Å². The van der Waals surface area contributed by atoms with Gasteiger partial charge in [0.2, 0.25) is 0 Å². The van der Waals surface area contributed by atoms with Crippen LogP contribution in [0.5, 0.6) is 11.5 Å². The first-order chi connectivity index (χ1) is 20.6. The van der Waals surface area contributed by atoms with E-state index < -0.39 is 0 Å². The Morgan fingerprint density at radius 3 is 1.98 bits per heavy atom. The number of hydrogen-bond donors (Lipinski definition) is 3. The summed E-state index contributed by atoms with van der Waals surface area (Å²) in [5.41, 5.74) is 7.08. The van der Waals surface area contributed by atoms with Crippen LogP contribution >= 0.6 is 11.6 Å². The van der Waals surface area contributed by atoms with Gasteiger partial charge in [-0.1, -0.05) is 60.1 Å². The molecule has 0 saturated carbocycles. The molecule has 8 nitrogen and oxygen atoms in total. The highest BCUT2D eigenvalue weighted by Gasteiger charge is 2.23. The standard InChI is InChI=1S/C20H19N3O2.C13H12ClN3/c1-25-19-10-14(7-9-18(19)24)17-11-21-12-20(23-17)22-16-8-6-13-4-2-3-5-15(13)16;14-12-7-15-8-13(17-12)16-11-6-5-9-3-1-2-4-10(9)11/h2-5,7,9-12,16,24H,6,8H2,1H3,(H,22,23);1-4,7-8,11H,5-6H2,(H,16,17)/t16-;11-/m11/s1. The topological polar surface area (TPSA) is 105 Å². The van der Waals surface area contributed by atoms with E-state index in [9.17, 15) is 5.11 Å². The lowest BCUT2D eigenvalue weighted by atomic mass is 10.1. The van der Waals surface area contributed by atoms with Crippen LogP contribution < -0.4 is 15.4 Å². The van der Waals surface area contributed by atoms with E-state index in [1.807, 2.05) is 0 Å². The fourth-order valence-corrected chi connectivity index (χ4v) is 5.74. The van der Waals surface area contributed by atoms with Crippen molar-refractivity contribution in [2.45, 2.75) is 37.8 Å². The number of aromatic hydroxyl groups is 1. The van der Waals surface area contributed by atoms with Gasteiger partial charge in [-0.15, -0.1) is 0 Å². The van der Waals surface area contributed by atoms with E-state index in [2.05, 4.69) is 79.1 Å². The van der Waals surface area contributed by atoms with Crippen LogP contribution in [0.4, 0.5) is 11.6 Å². The van der Waals surface area contributed by atoms with Crippen LogP contribution in [0.1, 0.15) is 47.2 Å². The normalized spacial score (nSPS) is 16.5. The predicted octanol–water partition coefficient (Wildman–Crippen LogP) is 7.19. The first kappa shape index (κ1) is 27.5. The number of rotatable bonds is 6. The van der Waals surface area contributed by atoms with Crippen LogP contribution in [-0.2, 0) is 12.8 Å². The van der Waals surface area contributed by atoms with Gasteiger partial charge in [0.15, 0.2) is 11.5 Å². The highest BCUT2D eigenvalue weighted by atomic mass is 35.5. The lowest BCUT2D eigenvalue weighted by molar-refractivity contribution is 0.373. The Kier molecular flexibility index (Phi) is 8.14. The molecular weight excluding hydrogens is 548 g/mol. The van der Waals surface area contributed by atoms with Crippen molar-refractivity contribution in [3.8, 4) is 22.8 Å². The Morgan fingerprint density at radius 1 is 0.762 bits per heavy atom. The third-order valence-corrected chi connectivity index (χ3v) is 7.81. The van der Waals surface area contributed by atoms with Gasteiger partial charge in [0, 0.05) is 5.56 Å². The number of halogens is 1. The molecule has 0 amide bonds. The van der Waals surface area contributed by atoms with Gasteiger partial charge in [-0.05, 0) is 66.1 Å². The molecule has 0 bridgehead atoms.